The second kappa shape index (κ2) is 9.92. The normalized spacial score (nSPS) is 10.9. The average Bonchev–Trinajstić information content (AvgIpc) is 3.40. The van der Waals surface area contributed by atoms with Crippen LogP contribution >= 0.6 is 46.1 Å². The molecule has 0 saturated carbocycles. The van der Waals surface area contributed by atoms with Crippen LogP contribution in [0.2, 0.25) is 15.1 Å². The molecule has 0 fully saturated rings. The summed E-state index contributed by atoms with van der Waals surface area (Å²) in [6.45, 7) is 2.61. The van der Waals surface area contributed by atoms with Crippen molar-refractivity contribution in [2.45, 2.75) is 20.1 Å². The average molecular weight is 508 g/mol. The van der Waals surface area contributed by atoms with Crippen molar-refractivity contribution in [2.75, 3.05) is 5.32 Å². The fraction of sp³-hybridized carbons (Fsp3) is 0.136. The molecule has 0 bridgehead atoms. The van der Waals surface area contributed by atoms with Gasteiger partial charge < -0.3 is 4.74 Å². The summed E-state index contributed by atoms with van der Waals surface area (Å²) in [5, 5.41) is 10.6. The van der Waals surface area contributed by atoms with Crippen LogP contribution in [0.5, 0.6) is 5.75 Å². The molecule has 0 spiro atoms. The molecule has 164 valence electrons. The van der Waals surface area contributed by atoms with Gasteiger partial charge in [0.1, 0.15) is 18.7 Å². The van der Waals surface area contributed by atoms with Gasteiger partial charge in [0.2, 0.25) is 5.95 Å². The van der Waals surface area contributed by atoms with Crippen molar-refractivity contribution in [3.8, 4) is 5.75 Å². The number of benzene rings is 2. The maximum atomic E-state index is 12.6. The molecule has 0 unspecified atom stereocenters. The first-order valence-corrected chi connectivity index (χ1v) is 11.5. The first-order chi connectivity index (χ1) is 15.4. The lowest BCUT2D eigenvalue weighted by atomic mass is 10.2. The van der Waals surface area contributed by atoms with Gasteiger partial charge in [0.05, 0.1) is 11.4 Å². The van der Waals surface area contributed by atoms with Crippen LogP contribution in [0.1, 0.15) is 26.4 Å². The zero-order chi connectivity index (χ0) is 22.7. The molecular weight excluding hydrogens is 491 g/mol. The van der Waals surface area contributed by atoms with E-state index in [0.717, 1.165) is 22.4 Å². The van der Waals surface area contributed by atoms with E-state index in [0.29, 0.717) is 33.1 Å². The largest absolute Gasteiger partial charge is 0.489 e. The minimum Gasteiger partial charge on any atom is -0.489 e. The number of ether oxygens (including phenoxy) is 1. The van der Waals surface area contributed by atoms with Gasteiger partial charge in [-0.25, -0.2) is 9.67 Å². The van der Waals surface area contributed by atoms with E-state index in [4.69, 9.17) is 39.5 Å². The number of hydrogen-bond donors (Lipinski definition) is 1. The SMILES string of the molecule is Cc1cc(Cl)ccc1OCc1csc(C(=O)Nc2ncn(Cc3c(Cl)cccc3Cl)n2)c1. The zero-order valence-corrected chi connectivity index (χ0v) is 19.9. The summed E-state index contributed by atoms with van der Waals surface area (Å²) in [7, 11) is 0. The van der Waals surface area contributed by atoms with E-state index in [1.807, 2.05) is 24.4 Å². The minimum absolute atomic E-state index is 0.196. The molecule has 0 radical (unpaired) electrons. The second-order valence-corrected chi connectivity index (χ2v) is 9.10. The van der Waals surface area contributed by atoms with Gasteiger partial charge in [0, 0.05) is 26.2 Å². The van der Waals surface area contributed by atoms with Crippen LogP contribution in [-0.4, -0.2) is 20.7 Å². The van der Waals surface area contributed by atoms with Crippen molar-refractivity contribution in [1.29, 1.82) is 0 Å². The molecule has 2 aromatic heterocycles. The summed E-state index contributed by atoms with van der Waals surface area (Å²) in [5.41, 5.74) is 2.57. The van der Waals surface area contributed by atoms with Crippen LogP contribution in [0.3, 0.4) is 0 Å². The summed E-state index contributed by atoms with van der Waals surface area (Å²) in [5.74, 6) is 0.651. The topological polar surface area (TPSA) is 69.0 Å². The van der Waals surface area contributed by atoms with Crippen molar-refractivity contribution in [1.82, 2.24) is 14.8 Å². The lowest BCUT2D eigenvalue weighted by Gasteiger charge is -2.08. The molecule has 1 amide bonds. The monoisotopic (exact) mass is 506 g/mol. The van der Waals surface area contributed by atoms with Gasteiger partial charge >= 0.3 is 0 Å². The number of aromatic nitrogens is 3. The number of carbonyl (C=O) groups excluding carboxylic acids is 1. The molecule has 4 rings (SSSR count). The molecule has 0 saturated heterocycles. The number of anilines is 1. The van der Waals surface area contributed by atoms with Crippen LogP contribution in [0.25, 0.3) is 0 Å². The van der Waals surface area contributed by atoms with E-state index in [1.54, 1.807) is 35.0 Å². The van der Waals surface area contributed by atoms with E-state index in [-0.39, 0.29) is 11.9 Å². The van der Waals surface area contributed by atoms with Crippen LogP contribution < -0.4 is 10.1 Å². The minimum atomic E-state index is -0.294. The Labute approximate surface area is 203 Å². The van der Waals surface area contributed by atoms with Gasteiger partial charge in [-0.05, 0) is 54.3 Å². The molecule has 32 heavy (non-hydrogen) atoms. The summed E-state index contributed by atoms with van der Waals surface area (Å²) >= 11 is 19.7. The third-order valence-electron chi connectivity index (χ3n) is 4.55. The molecule has 1 N–H and O–H groups in total. The standard InChI is InChI=1S/C22H17Cl3N4O2S/c1-13-7-15(23)5-6-19(13)31-10-14-8-20(32-11-14)21(30)27-22-26-12-29(28-22)9-16-17(24)3-2-4-18(16)25/h2-8,11-12H,9-10H2,1H3,(H,27,28,30). The first-order valence-electron chi connectivity index (χ1n) is 9.49. The molecule has 0 aliphatic rings. The number of thiophene rings is 1. The van der Waals surface area contributed by atoms with Gasteiger partial charge in [0.15, 0.2) is 0 Å². The third kappa shape index (κ3) is 5.42. The Morgan fingerprint density at radius 3 is 2.69 bits per heavy atom. The van der Waals surface area contributed by atoms with E-state index in [1.165, 1.54) is 17.7 Å². The molecule has 6 nitrogen and oxygen atoms in total. The number of halogens is 3. The van der Waals surface area contributed by atoms with Crippen molar-refractivity contribution >= 4 is 58.0 Å². The highest BCUT2D eigenvalue weighted by Crippen LogP contribution is 2.26. The number of hydrogen-bond acceptors (Lipinski definition) is 5. The molecule has 0 aliphatic carbocycles. The van der Waals surface area contributed by atoms with E-state index >= 15 is 0 Å². The predicted molar refractivity (Wildman–Crippen MR) is 128 cm³/mol. The zero-order valence-electron chi connectivity index (χ0n) is 16.8. The number of carbonyl (C=O) groups is 1. The number of aryl methyl sites for hydroxylation is 1. The van der Waals surface area contributed by atoms with E-state index < -0.39 is 0 Å². The van der Waals surface area contributed by atoms with Crippen LogP contribution in [0.4, 0.5) is 5.95 Å². The fourth-order valence-electron chi connectivity index (χ4n) is 2.94. The summed E-state index contributed by atoms with van der Waals surface area (Å²) in [6, 6.07) is 12.5. The van der Waals surface area contributed by atoms with Crippen molar-refractivity contribution in [3.63, 3.8) is 0 Å². The van der Waals surface area contributed by atoms with Crippen LogP contribution in [-0.2, 0) is 13.2 Å². The Morgan fingerprint density at radius 2 is 1.94 bits per heavy atom. The Morgan fingerprint density at radius 1 is 1.16 bits per heavy atom. The van der Waals surface area contributed by atoms with Crippen LogP contribution in [0.15, 0.2) is 54.2 Å². The highest BCUT2D eigenvalue weighted by atomic mass is 35.5. The highest BCUT2D eigenvalue weighted by molar-refractivity contribution is 7.12. The Kier molecular flexibility index (Phi) is 7.01. The molecular formula is C22H17Cl3N4O2S. The maximum Gasteiger partial charge on any atom is 0.268 e. The summed E-state index contributed by atoms with van der Waals surface area (Å²) in [4.78, 5) is 17.3. The summed E-state index contributed by atoms with van der Waals surface area (Å²) in [6.07, 6.45) is 1.51. The number of rotatable bonds is 7. The number of amides is 1. The van der Waals surface area contributed by atoms with Gasteiger partial charge in [-0.3, -0.25) is 10.1 Å². The van der Waals surface area contributed by atoms with Crippen molar-refractivity contribution < 1.29 is 9.53 Å². The highest BCUT2D eigenvalue weighted by Gasteiger charge is 2.14. The van der Waals surface area contributed by atoms with E-state index in [2.05, 4.69) is 15.4 Å². The lowest BCUT2D eigenvalue weighted by molar-refractivity contribution is 0.102. The molecule has 10 heteroatoms. The van der Waals surface area contributed by atoms with Crippen LogP contribution in [0, 0.1) is 6.92 Å². The Balaban J connectivity index is 1.36. The predicted octanol–water partition coefficient (Wildman–Crippen LogP) is 6.49. The smallest absolute Gasteiger partial charge is 0.268 e. The molecule has 0 atom stereocenters. The molecule has 2 aromatic carbocycles. The van der Waals surface area contributed by atoms with Crippen molar-refractivity contribution in [2.24, 2.45) is 0 Å². The maximum absolute atomic E-state index is 12.6. The Hall–Kier alpha value is -2.58. The number of nitrogens with zero attached hydrogens (tertiary/aromatic N) is 3. The molecule has 4 aromatic rings. The summed E-state index contributed by atoms with van der Waals surface area (Å²) < 4.78 is 7.40. The molecule has 2 heterocycles. The van der Waals surface area contributed by atoms with Gasteiger partial charge in [-0.2, -0.15) is 0 Å². The second-order valence-electron chi connectivity index (χ2n) is 6.94. The fourth-order valence-corrected chi connectivity index (χ4v) is 4.48. The molecule has 0 aliphatic heterocycles. The van der Waals surface area contributed by atoms with E-state index in [9.17, 15) is 4.79 Å². The van der Waals surface area contributed by atoms with Gasteiger partial charge in [-0.1, -0.05) is 40.9 Å². The first kappa shape index (κ1) is 22.6. The van der Waals surface area contributed by atoms with Crippen molar-refractivity contribution in [3.05, 3.63) is 90.8 Å². The van der Waals surface area contributed by atoms with Gasteiger partial charge in [0.25, 0.3) is 5.91 Å². The lowest BCUT2D eigenvalue weighted by Crippen LogP contribution is -2.12. The Bertz CT molecular complexity index is 1250. The number of nitrogens with one attached hydrogen (secondary N) is 1. The quantitative estimate of drug-likeness (QED) is 0.310. The third-order valence-corrected chi connectivity index (χ3v) is 6.47. The van der Waals surface area contributed by atoms with Gasteiger partial charge in [-0.15, -0.1) is 16.4 Å².